The van der Waals surface area contributed by atoms with Crippen molar-refractivity contribution in [2.24, 2.45) is 0 Å². The molecule has 0 bridgehead atoms. The van der Waals surface area contributed by atoms with Gasteiger partial charge in [-0.25, -0.2) is 8.42 Å². The van der Waals surface area contributed by atoms with E-state index in [1.54, 1.807) is 48.5 Å². The van der Waals surface area contributed by atoms with E-state index >= 15 is 0 Å². The number of rotatable bonds is 12. The van der Waals surface area contributed by atoms with Crippen LogP contribution in [0.1, 0.15) is 23.1 Å². The van der Waals surface area contributed by atoms with Crippen molar-refractivity contribution in [1.29, 1.82) is 0 Å². The predicted molar refractivity (Wildman–Crippen MR) is 144 cm³/mol. The van der Waals surface area contributed by atoms with Crippen molar-refractivity contribution in [1.82, 2.24) is 5.32 Å². The van der Waals surface area contributed by atoms with Gasteiger partial charge in [0, 0.05) is 18.4 Å². The van der Waals surface area contributed by atoms with Crippen molar-refractivity contribution in [3.8, 4) is 5.75 Å². The maximum atomic E-state index is 13.5. The second-order valence-electron chi connectivity index (χ2n) is 8.27. The molecule has 3 aromatic carbocycles. The van der Waals surface area contributed by atoms with Gasteiger partial charge in [0.05, 0.1) is 17.7 Å². The molecular weight excluding hydrogens is 480 g/mol. The van der Waals surface area contributed by atoms with Crippen molar-refractivity contribution in [3.05, 3.63) is 89.5 Å². The molecule has 1 N–H and O–H groups in total. The molecule has 0 aliphatic rings. The fourth-order valence-electron chi connectivity index (χ4n) is 3.38. The molecule has 0 aliphatic heterocycles. The van der Waals surface area contributed by atoms with Crippen molar-refractivity contribution >= 4 is 33.4 Å². The van der Waals surface area contributed by atoms with Crippen LogP contribution in [0.25, 0.3) is 0 Å². The van der Waals surface area contributed by atoms with E-state index in [4.69, 9.17) is 4.74 Å². The molecule has 0 saturated heterocycles. The standard InChI is InChI=1S/C27H32N2O4S2/c1-21-8-12-23(13-9-21)20-34-17-5-16-28-27(30)19-29(24-6-4-7-25(18-24)33-3)35(31,32)26-14-10-22(2)11-15-26/h4,6-15,18H,5,16-17,19-20H2,1-3H3,(H,28,30). The zero-order chi connectivity index (χ0) is 25.3. The van der Waals surface area contributed by atoms with Gasteiger partial charge in [-0.05, 0) is 55.9 Å². The van der Waals surface area contributed by atoms with Gasteiger partial charge in [0.2, 0.25) is 5.91 Å². The maximum absolute atomic E-state index is 13.5. The highest BCUT2D eigenvalue weighted by Crippen LogP contribution is 2.27. The highest BCUT2D eigenvalue weighted by atomic mass is 32.2. The summed E-state index contributed by atoms with van der Waals surface area (Å²) in [6, 6.07) is 21.8. The predicted octanol–water partition coefficient (Wildman–Crippen LogP) is 4.95. The summed E-state index contributed by atoms with van der Waals surface area (Å²) in [7, 11) is -2.44. The van der Waals surface area contributed by atoms with Crippen LogP contribution in [0, 0.1) is 13.8 Å². The molecule has 1 amide bonds. The molecule has 0 saturated carbocycles. The molecule has 35 heavy (non-hydrogen) atoms. The number of ether oxygens (including phenoxy) is 1. The van der Waals surface area contributed by atoms with E-state index in [9.17, 15) is 13.2 Å². The Morgan fingerprint density at radius 3 is 2.29 bits per heavy atom. The average molecular weight is 513 g/mol. The van der Waals surface area contributed by atoms with Crippen LogP contribution in [0.15, 0.2) is 77.7 Å². The number of amides is 1. The normalized spacial score (nSPS) is 11.2. The van der Waals surface area contributed by atoms with Crippen LogP contribution in [0.3, 0.4) is 0 Å². The molecule has 0 spiro atoms. The van der Waals surface area contributed by atoms with Gasteiger partial charge in [0.15, 0.2) is 0 Å². The van der Waals surface area contributed by atoms with Gasteiger partial charge in [-0.15, -0.1) is 0 Å². The summed E-state index contributed by atoms with van der Waals surface area (Å²) in [5, 5.41) is 2.86. The van der Waals surface area contributed by atoms with E-state index in [2.05, 4.69) is 36.5 Å². The number of thioether (sulfide) groups is 1. The van der Waals surface area contributed by atoms with E-state index < -0.39 is 10.0 Å². The number of hydrogen-bond acceptors (Lipinski definition) is 5. The monoisotopic (exact) mass is 512 g/mol. The van der Waals surface area contributed by atoms with Gasteiger partial charge in [0.25, 0.3) is 10.0 Å². The molecule has 0 fully saturated rings. The van der Waals surface area contributed by atoms with Crippen molar-refractivity contribution in [3.63, 3.8) is 0 Å². The lowest BCUT2D eigenvalue weighted by Crippen LogP contribution is -2.41. The molecule has 8 heteroatoms. The molecule has 3 aromatic rings. The number of hydrogen-bond donors (Lipinski definition) is 1. The third-order valence-corrected chi connectivity index (χ3v) is 8.32. The summed E-state index contributed by atoms with van der Waals surface area (Å²) < 4.78 is 33.3. The maximum Gasteiger partial charge on any atom is 0.264 e. The molecular formula is C27H32N2O4S2. The Balaban J connectivity index is 1.61. The van der Waals surface area contributed by atoms with Gasteiger partial charge >= 0.3 is 0 Å². The number of anilines is 1. The highest BCUT2D eigenvalue weighted by Gasteiger charge is 2.27. The van der Waals surface area contributed by atoms with Crippen LogP contribution in [0.5, 0.6) is 5.75 Å². The molecule has 0 aromatic heterocycles. The van der Waals surface area contributed by atoms with Gasteiger partial charge in [-0.2, -0.15) is 11.8 Å². The number of methoxy groups -OCH3 is 1. The lowest BCUT2D eigenvalue weighted by atomic mass is 10.2. The van der Waals surface area contributed by atoms with E-state index in [0.717, 1.165) is 27.8 Å². The molecule has 0 atom stereocenters. The fourth-order valence-corrected chi connectivity index (χ4v) is 5.71. The van der Waals surface area contributed by atoms with Crippen molar-refractivity contribution in [2.75, 3.05) is 30.3 Å². The number of carbonyl (C=O) groups excluding carboxylic acids is 1. The molecule has 0 aliphatic carbocycles. The summed E-state index contributed by atoms with van der Waals surface area (Å²) in [4.78, 5) is 12.9. The van der Waals surface area contributed by atoms with Gasteiger partial charge in [-0.1, -0.05) is 53.6 Å². The first kappa shape index (κ1) is 26.6. The minimum Gasteiger partial charge on any atom is -0.497 e. The SMILES string of the molecule is COc1cccc(N(CC(=O)NCCCSCc2ccc(C)cc2)S(=O)(=O)c2ccc(C)cc2)c1. The zero-order valence-corrected chi connectivity index (χ0v) is 22.0. The lowest BCUT2D eigenvalue weighted by molar-refractivity contribution is -0.119. The summed E-state index contributed by atoms with van der Waals surface area (Å²) >= 11 is 1.81. The third kappa shape index (κ3) is 7.77. The third-order valence-electron chi connectivity index (χ3n) is 5.41. The summed E-state index contributed by atoms with van der Waals surface area (Å²) in [6.45, 7) is 4.12. The summed E-state index contributed by atoms with van der Waals surface area (Å²) in [5.74, 6) is 1.98. The van der Waals surface area contributed by atoms with Crippen molar-refractivity contribution < 1.29 is 17.9 Å². The Morgan fingerprint density at radius 2 is 1.63 bits per heavy atom. The van der Waals surface area contributed by atoms with Crippen LogP contribution in [0.2, 0.25) is 0 Å². The van der Waals surface area contributed by atoms with E-state index in [0.29, 0.717) is 18.0 Å². The van der Waals surface area contributed by atoms with E-state index in [1.165, 1.54) is 18.2 Å². The second kappa shape index (κ2) is 12.7. The molecule has 3 rings (SSSR count). The summed E-state index contributed by atoms with van der Waals surface area (Å²) in [6.07, 6.45) is 0.798. The number of aryl methyl sites for hydroxylation is 2. The van der Waals surface area contributed by atoms with E-state index in [1.807, 2.05) is 18.7 Å². The zero-order valence-electron chi connectivity index (χ0n) is 20.4. The highest BCUT2D eigenvalue weighted by molar-refractivity contribution is 7.98. The van der Waals surface area contributed by atoms with Gasteiger partial charge < -0.3 is 10.1 Å². The van der Waals surface area contributed by atoms with Gasteiger partial charge in [-0.3, -0.25) is 9.10 Å². The minimum atomic E-state index is -3.95. The first-order valence-electron chi connectivity index (χ1n) is 11.4. The Morgan fingerprint density at radius 1 is 0.971 bits per heavy atom. The Kier molecular flexibility index (Phi) is 9.63. The van der Waals surface area contributed by atoms with Crippen LogP contribution < -0.4 is 14.4 Å². The van der Waals surface area contributed by atoms with Crippen molar-refractivity contribution in [2.45, 2.75) is 30.9 Å². The second-order valence-corrected chi connectivity index (χ2v) is 11.2. The number of sulfonamides is 1. The smallest absolute Gasteiger partial charge is 0.264 e. The molecule has 186 valence electrons. The first-order chi connectivity index (χ1) is 16.8. The fraction of sp³-hybridized carbons (Fsp3) is 0.296. The molecule has 0 heterocycles. The van der Waals surface area contributed by atoms with Crippen LogP contribution in [0.4, 0.5) is 5.69 Å². The lowest BCUT2D eigenvalue weighted by Gasteiger charge is -2.24. The van der Waals surface area contributed by atoms with Crippen LogP contribution >= 0.6 is 11.8 Å². The van der Waals surface area contributed by atoms with Crippen LogP contribution in [-0.2, 0) is 20.6 Å². The minimum absolute atomic E-state index is 0.131. The van der Waals surface area contributed by atoms with Gasteiger partial charge in [0.1, 0.15) is 12.3 Å². The quantitative estimate of drug-likeness (QED) is 0.348. The Labute approximate surface area is 212 Å². The average Bonchev–Trinajstić information content (AvgIpc) is 2.86. The number of nitrogens with one attached hydrogen (secondary N) is 1. The Hall–Kier alpha value is -2.97. The van der Waals surface area contributed by atoms with E-state index in [-0.39, 0.29) is 17.3 Å². The summed E-state index contributed by atoms with van der Waals surface area (Å²) in [5.41, 5.74) is 3.84. The largest absolute Gasteiger partial charge is 0.497 e. The topological polar surface area (TPSA) is 75.7 Å². The molecule has 6 nitrogen and oxygen atoms in total. The first-order valence-corrected chi connectivity index (χ1v) is 14.0. The number of carbonyl (C=O) groups is 1. The van der Waals surface area contributed by atoms with Crippen LogP contribution in [-0.4, -0.2) is 40.3 Å². The molecule has 0 radical (unpaired) electrons. The Bertz CT molecular complexity index is 1210. The number of benzene rings is 3. The molecule has 0 unspecified atom stereocenters. The number of nitrogens with zero attached hydrogens (tertiary/aromatic N) is 1.